The van der Waals surface area contributed by atoms with E-state index in [0.29, 0.717) is 0 Å². The third kappa shape index (κ3) is 5.32. The van der Waals surface area contributed by atoms with E-state index in [1.807, 2.05) is 0 Å². The highest BCUT2D eigenvalue weighted by atomic mass is 15.1. The predicted octanol–water partition coefficient (Wildman–Crippen LogP) is 8.11. The number of benzene rings is 4. The molecule has 31 heavy (non-hydrogen) atoms. The molecule has 0 heterocycles. The summed E-state index contributed by atoms with van der Waals surface area (Å²) in [5.74, 6) is 0. The summed E-state index contributed by atoms with van der Waals surface area (Å²) in [4.78, 5) is 2.30. The number of hydrogen-bond acceptors (Lipinski definition) is 1. The topological polar surface area (TPSA) is 3.24 Å². The molecular formula is C30H29N. The van der Waals surface area contributed by atoms with Crippen LogP contribution in [0.5, 0.6) is 0 Å². The van der Waals surface area contributed by atoms with Gasteiger partial charge in [-0.05, 0) is 74.2 Å². The van der Waals surface area contributed by atoms with Crippen LogP contribution in [0.15, 0.2) is 115 Å². The number of aryl methyl sites for hydroxylation is 2. The summed E-state index contributed by atoms with van der Waals surface area (Å²) in [6, 6.07) is 36.8. The molecule has 4 rings (SSSR count). The minimum absolute atomic E-state index is 0.893. The smallest absolute Gasteiger partial charge is 0.0461 e. The molecule has 0 aromatic heterocycles. The molecule has 0 unspecified atom stereocenters. The van der Waals surface area contributed by atoms with Gasteiger partial charge in [0, 0.05) is 17.1 Å². The fourth-order valence-corrected chi connectivity index (χ4v) is 3.83. The minimum Gasteiger partial charge on any atom is -0.311 e. The zero-order valence-corrected chi connectivity index (χ0v) is 18.4. The molecule has 0 atom stereocenters. The standard InChI is InChI=1S/C30H29N/c1-23-9-13-26(14-10-23)21-25(3)22-27-15-19-30(20-16-27)31(28-7-5-4-6-8-28)29-17-11-24(2)12-18-29/h4-20H,3,21-22H2,1-2H3. The number of anilines is 3. The quantitative estimate of drug-likeness (QED) is 0.282. The molecule has 0 spiro atoms. The van der Waals surface area contributed by atoms with Crippen molar-refractivity contribution in [3.63, 3.8) is 0 Å². The molecule has 0 amide bonds. The van der Waals surface area contributed by atoms with Crippen molar-refractivity contribution in [1.82, 2.24) is 0 Å². The van der Waals surface area contributed by atoms with Gasteiger partial charge in [-0.2, -0.15) is 0 Å². The van der Waals surface area contributed by atoms with Crippen LogP contribution in [0.25, 0.3) is 0 Å². The molecule has 4 aromatic carbocycles. The van der Waals surface area contributed by atoms with E-state index in [9.17, 15) is 0 Å². The van der Waals surface area contributed by atoms with Gasteiger partial charge in [-0.1, -0.05) is 90.0 Å². The molecule has 4 aromatic rings. The van der Waals surface area contributed by atoms with E-state index in [2.05, 4.69) is 128 Å². The molecule has 1 nitrogen and oxygen atoms in total. The lowest BCUT2D eigenvalue weighted by Gasteiger charge is -2.25. The van der Waals surface area contributed by atoms with E-state index in [1.165, 1.54) is 27.8 Å². The second-order valence-electron chi connectivity index (χ2n) is 8.26. The average molecular weight is 404 g/mol. The minimum atomic E-state index is 0.893. The van der Waals surface area contributed by atoms with Crippen molar-refractivity contribution in [2.24, 2.45) is 0 Å². The number of para-hydroxylation sites is 1. The van der Waals surface area contributed by atoms with Crippen LogP contribution in [0.4, 0.5) is 17.1 Å². The van der Waals surface area contributed by atoms with Crippen molar-refractivity contribution >= 4 is 17.1 Å². The summed E-state index contributed by atoms with van der Waals surface area (Å²) < 4.78 is 0. The number of nitrogens with zero attached hydrogens (tertiary/aromatic N) is 1. The average Bonchev–Trinajstić information content (AvgIpc) is 2.79. The van der Waals surface area contributed by atoms with Crippen molar-refractivity contribution < 1.29 is 0 Å². The number of allylic oxidation sites excluding steroid dienone is 1. The van der Waals surface area contributed by atoms with Crippen LogP contribution in [0.3, 0.4) is 0 Å². The first-order valence-corrected chi connectivity index (χ1v) is 10.8. The molecule has 154 valence electrons. The Morgan fingerprint density at radius 1 is 0.548 bits per heavy atom. The van der Waals surface area contributed by atoms with Gasteiger partial charge < -0.3 is 4.90 Å². The zero-order chi connectivity index (χ0) is 21.6. The first-order valence-electron chi connectivity index (χ1n) is 10.8. The van der Waals surface area contributed by atoms with Gasteiger partial charge in [-0.3, -0.25) is 0 Å². The third-order valence-corrected chi connectivity index (χ3v) is 5.53. The summed E-state index contributed by atoms with van der Waals surface area (Å²) in [5, 5.41) is 0. The van der Waals surface area contributed by atoms with Crippen molar-refractivity contribution in [3.8, 4) is 0 Å². The molecule has 0 aliphatic rings. The summed E-state index contributed by atoms with van der Waals surface area (Å²) in [7, 11) is 0. The fraction of sp³-hybridized carbons (Fsp3) is 0.133. The van der Waals surface area contributed by atoms with Crippen molar-refractivity contribution in [1.29, 1.82) is 0 Å². The highest BCUT2D eigenvalue weighted by Gasteiger charge is 2.12. The lowest BCUT2D eigenvalue weighted by Crippen LogP contribution is -2.09. The highest BCUT2D eigenvalue weighted by molar-refractivity contribution is 5.76. The van der Waals surface area contributed by atoms with Crippen LogP contribution in [0.2, 0.25) is 0 Å². The Kier molecular flexibility index (Phi) is 6.33. The first-order chi connectivity index (χ1) is 15.1. The van der Waals surface area contributed by atoms with Crippen LogP contribution >= 0.6 is 0 Å². The van der Waals surface area contributed by atoms with Crippen LogP contribution in [-0.2, 0) is 12.8 Å². The maximum atomic E-state index is 4.32. The lowest BCUT2D eigenvalue weighted by atomic mass is 9.99. The summed E-state index contributed by atoms with van der Waals surface area (Å²) in [6.45, 7) is 8.56. The Morgan fingerprint density at radius 2 is 0.935 bits per heavy atom. The van der Waals surface area contributed by atoms with E-state index >= 15 is 0 Å². The summed E-state index contributed by atoms with van der Waals surface area (Å²) in [5.41, 5.74) is 9.87. The molecule has 0 aliphatic heterocycles. The maximum absolute atomic E-state index is 4.32. The molecule has 0 aliphatic carbocycles. The van der Waals surface area contributed by atoms with Gasteiger partial charge in [0.25, 0.3) is 0 Å². The number of rotatable bonds is 7. The van der Waals surface area contributed by atoms with E-state index < -0.39 is 0 Å². The van der Waals surface area contributed by atoms with Gasteiger partial charge >= 0.3 is 0 Å². The second-order valence-corrected chi connectivity index (χ2v) is 8.26. The van der Waals surface area contributed by atoms with E-state index in [4.69, 9.17) is 0 Å². The van der Waals surface area contributed by atoms with Gasteiger partial charge in [0.15, 0.2) is 0 Å². The molecular weight excluding hydrogens is 374 g/mol. The van der Waals surface area contributed by atoms with Crippen LogP contribution in [-0.4, -0.2) is 0 Å². The van der Waals surface area contributed by atoms with Gasteiger partial charge in [0.05, 0.1) is 0 Å². The van der Waals surface area contributed by atoms with Gasteiger partial charge in [0.2, 0.25) is 0 Å². The van der Waals surface area contributed by atoms with Crippen LogP contribution in [0.1, 0.15) is 22.3 Å². The third-order valence-electron chi connectivity index (χ3n) is 5.53. The Labute approximate surface area is 186 Å². The van der Waals surface area contributed by atoms with Gasteiger partial charge in [-0.15, -0.1) is 0 Å². The molecule has 0 bridgehead atoms. The fourth-order valence-electron chi connectivity index (χ4n) is 3.83. The van der Waals surface area contributed by atoms with Crippen LogP contribution < -0.4 is 4.90 Å². The predicted molar refractivity (Wildman–Crippen MR) is 134 cm³/mol. The van der Waals surface area contributed by atoms with E-state index in [1.54, 1.807) is 0 Å². The molecule has 1 heteroatoms. The SMILES string of the molecule is C=C(Cc1ccc(C)cc1)Cc1ccc(N(c2ccccc2)c2ccc(C)cc2)cc1. The molecule has 0 radical (unpaired) electrons. The van der Waals surface area contributed by atoms with Gasteiger partial charge in [-0.25, -0.2) is 0 Å². The second kappa shape index (κ2) is 9.49. The summed E-state index contributed by atoms with van der Waals surface area (Å²) >= 11 is 0. The largest absolute Gasteiger partial charge is 0.311 e. The lowest BCUT2D eigenvalue weighted by molar-refractivity contribution is 1.04. The van der Waals surface area contributed by atoms with Gasteiger partial charge in [0.1, 0.15) is 0 Å². The first kappa shape index (κ1) is 20.7. The molecule has 0 saturated heterocycles. The monoisotopic (exact) mass is 403 g/mol. The molecule has 0 fully saturated rings. The van der Waals surface area contributed by atoms with E-state index in [-0.39, 0.29) is 0 Å². The molecule has 0 N–H and O–H groups in total. The summed E-state index contributed by atoms with van der Waals surface area (Å²) in [6.07, 6.45) is 1.81. The maximum Gasteiger partial charge on any atom is 0.0461 e. The Bertz CT molecular complexity index is 1120. The van der Waals surface area contributed by atoms with Crippen LogP contribution in [0, 0.1) is 13.8 Å². The van der Waals surface area contributed by atoms with E-state index in [0.717, 1.165) is 29.9 Å². The normalized spacial score (nSPS) is 10.6. The zero-order valence-electron chi connectivity index (χ0n) is 18.4. The van der Waals surface area contributed by atoms with Crippen molar-refractivity contribution in [2.45, 2.75) is 26.7 Å². The molecule has 0 saturated carbocycles. The Hall–Kier alpha value is -3.58. The number of hydrogen-bond donors (Lipinski definition) is 0. The highest BCUT2D eigenvalue weighted by Crippen LogP contribution is 2.34. The van der Waals surface area contributed by atoms with Crippen molar-refractivity contribution in [3.05, 3.63) is 138 Å². The Morgan fingerprint density at radius 3 is 1.45 bits per heavy atom. The Balaban J connectivity index is 1.53. The van der Waals surface area contributed by atoms with Crippen molar-refractivity contribution in [2.75, 3.05) is 4.90 Å².